The van der Waals surface area contributed by atoms with Crippen LogP contribution < -0.4 is 0 Å². The summed E-state index contributed by atoms with van der Waals surface area (Å²) in [6.45, 7) is -1.15. The molecule has 0 bridgehead atoms. The van der Waals surface area contributed by atoms with Gasteiger partial charge in [0.1, 0.15) is 24.2 Å². The first-order valence-corrected chi connectivity index (χ1v) is 9.09. The van der Waals surface area contributed by atoms with Crippen LogP contribution in [-0.2, 0) is 62.8 Å². The van der Waals surface area contributed by atoms with Crippen molar-refractivity contribution in [1.82, 2.24) is 0 Å². The molecule has 2 fully saturated rings. The summed E-state index contributed by atoms with van der Waals surface area (Å²) < 4.78 is 4.81. The normalized spacial score (nSPS) is 35.3. The van der Waals surface area contributed by atoms with Crippen LogP contribution in [-0.4, -0.2) is 98.2 Å². The lowest BCUT2D eigenvalue weighted by Crippen LogP contribution is -2.65. The van der Waals surface area contributed by atoms with Gasteiger partial charge in [-0.1, -0.05) is 0 Å². The van der Waals surface area contributed by atoms with E-state index >= 15 is 0 Å². The molecular weight excluding hydrogens is 480 g/mol. The second-order valence-electron chi connectivity index (χ2n) is 7.04. The number of hydrogen-bond acceptors (Lipinski definition) is 18. The van der Waals surface area contributed by atoms with E-state index in [0.717, 1.165) is 0 Å². The molecule has 18 nitrogen and oxygen atoms in total. The Bertz CT molecular complexity index is 840. The monoisotopic (exact) mass is 498 g/mol. The Labute approximate surface area is 187 Å². The molecule has 2 saturated heterocycles. The van der Waals surface area contributed by atoms with Crippen LogP contribution in [0, 0.1) is 5.92 Å². The molecule has 0 spiro atoms. The van der Waals surface area contributed by atoms with Gasteiger partial charge < -0.3 is 30.3 Å². The van der Waals surface area contributed by atoms with Gasteiger partial charge in [0.15, 0.2) is 5.60 Å². The van der Waals surface area contributed by atoms with Gasteiger partial charge in [0.25, 0.3) is 0 Å². The zero-order valence-corrected chi connectivity index (χ0v) is 16.8. The minimum absolute atomic E-state index is 0.326. The van der Waals surface area contributed by atoms with E-state index in [2.05, 4.69) is 29.3 Å². The molecule has 0 amide bonds. The fourth-order valence-corrected chi connectivity index (χ4v) is 2.89. The summed E-state index contributed by atoms with van der Waals surface area (Å²) in [6.07, 6.45) is -10.3. The van der Waals surface area contributed by atoms with Gasteiger partial charge in [-0.2, -0.15) is 0 Å². The number of rotatable bonds is 5. The van der Waals surface area contributed by atoms with Gasteiger partial charge >= 0.3 is 36.3 Å². The van der Waals surface area contributed by atoms with E-state index in [-0.39, 0.29) is 6.47 Å². The number of aliphatic hydroxyl groups excluding tert-OH is 3. The summed E-state index contributed by atoms with van der Waals surface area (Å²) in [5, 5.41) is 50.3. The van der Waals surface area contributed by atoms with Crippen molar-refractivity contribution in [1.29, 1.82) is 0 Å². The molecule has 34 heavy (non-hydrogen) atoms. The molecule has 0 aliphatic carbocycles. The standard InChI is InChI=1S/C16H18O18/c17-5-29-30-9(20)2-15(26)3-10(21)32-33-13(24)6(1-8(19)31-34-14(15)25)16(27)12(23)11(22)7(18)4-28-16/h5-7,11-12,18,22-23,26-27H,1-4H2/t6?,7-,11+,12-,15?,16?/m1/s1. The van der Waals surface area contributed by atoms with Crippen LogP contribution >= 0.6 is 0 Å². The Kier molecular flexibility index (Phi) is 8.42. The van der Waals surface area contributed by atoms with Crippen molar-refractivity contribution in [2.24, 2.45) is 5.92 Å². The molecule has 190 valence electrons. The smallest absolute Gasteiger partial charge is 0.387 e. The first kappa shape index (κ1) is 26.8. The van der Waals surface area contributed by atoms with Crippen LogP contribution in [0.15, 0.2) is 0 Å². The fraction of sp³-hybridized carbons (Fsp3) is 0.625. The number of aliphatic hydroxyl groups is 5. The zero-order chi connectivity index (χ0) is 25.7. The molecule has 2 aliphatic heterocycles. The number of carbonyl (C=O) groups is 6. The molecule has 3 unspecified atom stereocenters. The minimum Gasteiger partial charge on any atom is -0.388 e. The van der Waals surface area contributed by atoms with E-state index in [0.29, 0.717) is 0 Å². The first-order valence-electron chi connectivity index (χ1n) is 9.09. The molecular formula is C16H18O18. The molecule has 2 heterocycles. The van der Waals surface area contributed by atoms with E-state index < -0.39 is 91.3 Å². The maximum absolute atomic E-state index is 12.4. The van der Waals surface area contributed by atoms with Crippen molar-refractivity contribution in [3.05, 3.63) is 0 Å². The lowest BCUT2D eigenvalue weighted by Gasteiger charge is -2.44. The van der Waals surface area contributed by atoms with Crippen LogP contribution in [0.1, 0.15) is 19.3 Å². The highest BCUT2D eigenvalue weighted by Crippen LogP contribution is 2.34. The number of hydrogen-bond donors (Lipinski definition) is 5. The summed E-state index contributed by atoms with van der Waals surface area (Å²) in [7, 11) is 0. The van der Waals surface area contributed by atoms with Crippen molar-refractivity contribution in [3.8, 4) is 0 Å². The van der Waals surface area contributed by atoms with E-state index in [1.165, 1.54) is 0 Å². The highest BCUT2D eigenvalue weighted by Gasteiger charge is 2.58. The van der Waals surface area contributed by atoms with Crippen LogP contribution in [0.25, 0.3) is 0 Å². The highest BCUT2D eigenvalue weighted by atomic mass is 17.2. The number of carbonyl (C=O) groups excluding carboxylic acids is 6. The molecule has 5 N–H and O–H groups in total. The van der Waals surface area contributed by atoms with Gasteiger partial charge in [-0.25, -0.2) is 48.4 Å². The molecule has 0 saturated carbocycles. The van der Waals surface area contributed by atoms with E-state index in [1.807, 2.05) is 0 Å². The predicted molar refractivity (Wildman–Crippen MR) is 88.8 cm³/mol. The second kappa shape index (κ2) is 10.7. The van der Waals surface area contributed by atoms with Crippen molar-refractivity contribution in [3.63, 3.8) is 0 Å². The molecule has 2 rings (SSSR count). The lowest BCUT2D eigenvalue weighted by molar-refractivity contribution is -0.348. The maximum atomic E-state index is 12.4. The van der Waals surface area contributed by atoms with Gasteiger partial charge in [-0.15, -0.1) is 0 Å². The number of ether oxygens (including phenoxy) is 1. The molecule has 6 atom stereocenters. The van der Waals surface area contributed by atoms with Gasteiger partial charge in [0, 0.05) is 0 Å². The molecule has 2 aliphatic rings. The topological polar surface area (TPSA) is 268 Å². The van der Waals surface area contributed by atoms with Crippen LogP contribution in [0.4, 0.5) is 0 Å². The van der Waals surface area contributed by atoms with Crippen molar-refractivity contribution < 1.29 is 88.4 Å². The Balaban J connectivity index is 2.25. The molecule has 0 aromatic heterocycles. The van der Waals surface area contributed by atoms with Gasteiger partial charge in [0.05, 0.1) is 25.9 Å². The van der Waals surface area contributed by atoms with Crippen LogP contribution in [0.2, 0.25) is 0 Å². The Morgan fingerprint density at radius 1 is 1.03 bits per heavy atom. The van der Waals surface area contributed by atoms with Crippen molar-refractivity contribution >= 4 is 36.3 Å². The Hall–Kier alpha value is -3.42. The van der Waals surface area contributed by atoms with Crippen molar-refractivity contribution in [2.75, 3.05) is 6.61 Å². The summed E-state index contributed by atoms with van der Waals surface area (Å²) in [5.74, 6) is -13.9. The largest absolute Gasteiger partial charge is 0.388 e. The summed E-state index contributed by atoms with van der Waals surface area (Å²) in [6, 6.07) is 0. The Morgan fingerprint density at radius 3 is 2.32 bits per heavy atom. The maximum Gasteiger partial charge on any atom is 0.387 e. The van der Waals surface area contributed by atoms with Crippen LogP contribution in [0.3, 0.4) is 0 Å². The molecule has 0 aromatic rings. The van der Waals surface area contributed by atoms with Gasteiger partial charge in [0.2, 0.25) is 5.79 Å². The third-order valence-corrected chi connectivity index (χ3v) is 4.64. The fourth-order valence-electron chi connectivity index (χ4n) is 2.89. The average Bonchev–Trinajstić information content (AvgIpc) is 2.78. The van der Waals surface area contributed by atoms with E-state index in [9.17, 15) is 54.3 Å². The molecule has 18 heteroatoms. The van der Waals surface area contributed by atoms with E-state index in [1.54, 1.807) is 0 Å². The summed E-state index contributed by atoms with van der Waals surface area (Å²) >= 11 is 0. The predicted octanol–water partition coefficient (Wildman–Crippen LogP) is -5.05. The molecule has 0 radical (unpaired) electrons. The lowest BCUT2D eigenvalue weighted by atomic mass is 9.85. The van der Waals surface area contributed by atoms with Gasteiger partial charge in [-0.3, -0.25) is 9.68 Å². The third kappa shape index (κ3) is 5.92. The second-order valence-corrected chi connectivity index (χ2v) is 7.04. The zero-order valence-electron chi connectivity index (χ0n) is 16.8. The molecule has 0 aromatic carbocycles. The SMILES string of the molecule is O=COOC(=O)CC1(O)CC(=O)OOC(=O)C(C2(O)OC[C@@H](O)[C@H](O)[C@H]2O)CC(=O)OOC1=O. The quantitative estimate of drug-likeness (QED) is 0.135. The third-order valence-electron chi connectivity index (χ3n) is 4.64. The first-order chi connectivity index (χ1) is 15.8. The summed E-state index contributed by atoms with van der Waals surface area (Å²) in [5.41, 5.74) is -3.13. The van der Waals surface area contributed by atoms with E-state index in [4.69, 9.17) is 4.74 Å². The average molecular weight is 498 g/mol. The minimum atomic E-state index is -3.13. The van der Waals surface area contributed by atoms with Crippen molar-refractivity contribution in [2.45, 2.75) is 49.0 Å². The summed E-state index contributed by atoms with van der Waals surface area (Å²) in [4.78, 5) is 94.1. The van der Waals surface area contributed by atoms with Crippen LogP contribution in [0.5, 0.6) is 0 Å². The Morgan fingerprint density at radius 2 is 1.68 bits per heavy atom. The highest BCUT2D eigenvalue weighted by molar-refractivity contribution is 5.90. The van der Waals surface area contributed by atoms with Gasteiger partial charge in [-0.05, 0) is 0 Å².